The quantitative estimate of drug-likeness (QED) is 0.617. The number of methoxy groups -OCH3 is 1. The molecule has 1 saturated heterocycles. The summed E-state index contributed by atoms with van der Waals surface area (Å²) in [5, 5.41) is 10.9. The molecule has 1 heterocycles. The summed E-state index contributed by atoms with van der Waals surface area (Å²) in [6.45, 7) is 0. The summed E-state index contributed by atoms with van der Waals surface area (Å²) in [4.78, 5) is 22.0. The summed E-state index contributed by atoms with van der Waals surface area (Å²) in [5.74, 6) is 1.83. The van der Waals surface area contributed by atoms with Crippen LogP contribution in [-0.2, 0) is 11.2 Å². The molecule has 6 heteroatoms. The van der Waals surface area contributed by atoms with Crippen molar-refractivity contribution in [1.82, 2.24) is 0 Å². The molecule has 0 bridgehead atoms. The average Bonchev–Trinajstić information content (AvgIpc) is 2.75. The molecule has 1 atom stereocenters. The topological polar surface area (TPSA) is 69.4 Å². The molecule has 0 saturated carbocycles. The van der Waals surface area contributed by atoms with E-state index >= 15 is 0 Å². The van der Waals surface area contributed by atoms with Crippen LogP contribution >= 0.6 is 11.8 Å². The molecule has 0 aliphatic carbocycles. The van der Waals surface area contributed by atoms with E-state index in [0.717, 1.165) is 11.3 Å². The van der Waals surface area contributed by atoms with Crippen LogP contribution in [0.1, 0.15) is 5.56 Å². The van der Waals surface area contributed by atoms with E-state index < -0.39 is 4.92 Å². The molecule has 1 aliphatic rings. The van der Waals surface area contributed by atoms with Gasteiger partial charge in [-0.1, -0.05) is 6.07 Å². The Morgan fingerprint density at radius 1 is 1.56 bits per heavy atom. The van der Waals surface area contributed by atoms with E-state index in [-0.39, 0.29) is 23.1 Å². The van der Waals surface area contributed by atoms with Crippen molar-refractivity contribution >= 4 is 23.2 Å². The fourth-order valence-corrected chi connectivity index (χ4v) is 3.12. The number of ether oxygens (including phenoxy) is 1. The molecular formula is C12H13NO4S. The first-order chi connectivity index (χ1) is 8.61. The molecule has 0 amide bonds. The molecule has 0 spiro atoms. The van der Waals surface area contributed by atoms with Crippen LogP contribution in [0.5, 0.6) is 5.75 Å². The standard InChI is InChI=1S/C12H13NO4S/c1-17-12-3-2-8(5-10(12)13(15)16)4-9-6-18-7-11(9)14/h2-3,5,9H,4,6-7H2,1H3. The number of hydrogen-bond donors (Lipinski definition) is 0. The van der Waals surface area contributed by atoms with Gasteiger partial charge in [-0.3, -0.25) is 14.9 Å². The highest BCUT2D eigenvalue weighted by Gasteiger charge is 2.26. The second kappa shape index (κ2) is 5.39. The maximum absolute atomic E-state index is 11.5. The molecule has 18 heavy (non-hydrogen) atoms. The van der Waals surface area contributed by atoms with Gasteiger partial charge in [0.05, 0.1) is 17.8 Å². The van der Waals surface area contributed by atoms with E-state index in [2.05, 4.69) is 0 Å². The number of thioether (sulfide) groups is 1. The van der Waals surface area contributed by atoms with Crippen LogP contribution in [-0.4, -0.2) is 29.3 Å². The Bertz CT molecular complexity index is 489. The van der Waals surface area contributed by atoms with Gasteiger partial charge >= 0.3 is 5.69 Å². The molecule has 0 radical (unpaired) electrons. The Kier molecular flexibility index (Phi) is 3.86. The van der Waals surface area contributed by atoms with E-state index in [4.69, 9.17) is 4.74 Å². The van der Waals surface area contributed by atoms with Gasteiger partial charge in [0.15, 0.2) is 5.75 Å². The molecule has 1 fully saturated rings. The Balaban J connectivity index is 2.21. The summed E-state index contributed by atoms with van der Waals surface area (Å²) in [6.07, 6.45) is 0.566. The lowest BCUT2D eigenvalue weighted by Gasteiger charge is -2.08. The minimum absolute atomic E-state index is 0.0111. The van der Waals surface area contributed by atoms with Crippen LogP contribution in [0, 0.1) is 16.0 Å². The number of benzene rings is 1. The second-order valence-electron chi connectivity index (χ2n) is 4.15. The second-order valence-corrected chi connectivity index (χ2v) is 5.18. The van der Waals surface area contributed by atoms with Crippen LogP contribution in [0.4, 0.5) is 5.69 Å². The van der Waals surface area contributed by atoms with Gasteiger partial charge in [-0.15, -0.1) is 0 Å². The zero-order valence-electron chi connectivity index (χ0n) is 9.92. The third-order valence-electron chi connectivity index (χ3n) is 2.94. The number of carbonyl (C=O) groups is 1. The van der Waals surface area contributed by atoms with Gasteiger partial charge in [0, 0.05) is 17.7 Å². The fourth-order valence-electron chi connectivity index (χ4n) is 1.98. The molecule has 1 aliphatic heterocycles. The van der Waals surface area contributed by atoms with Crippen molar-refractivity contribution in [3.05, 3.63) is 33.9 Å². The van der Waals surface area contributed by atoms with Crippen molar-refractivity contribution in [3.63, 3.8) is 0 Å². The molecule has 2 rings (SSSR count). The highest BCUT2D eigenvalue weighted by Crippen LogP contribution is 2.30. The van der Waals surface area contributed by atoms with E-state index in [1.165, 1.54) is 13.2 Å². The fraction of sp³-hybridized carbons (Fsp3) is 0.417. The van der Waals surface area contributed by atoms with Crippen molar-refractivity contribution in [2.45, 2.75) is 6.42 Å². The van der Waals surface area contributed by atoms with E-state index in [0.29, 0.717) is 12.2 Å². The summed E-state index contributed by atoms with van der Waals surface area (Å²) >= 11 is 1.62. The maximum Gasteiger partial charge on any atom is 0.311 e. The third kappa shape index (κ3) is 2.64. The number of rotatable bonds is 4. The molecule has 0 aromatic heterocycles. The highest BCUT2D eigenvalue weighted by molar-refractivity contribution is 8.00. The average molecular weight is 267 g/mol. The maximum atomic E-state index is 11.5. The molecule has 1 unspecified atom stereocenters. The zero-order valence-corrected chi connectivity index (χ0v) is 10.7. The molecule has 1 aromatic rings. The lowest BCUT2D eigenvalue weighted by atomic mass is 9.97. The van der Waals surface area contributed by atoms with Crippen molar-refractivity contribution in [3.8, 4) is 5.75 Å². The summed E-state index contributed by atoms with van der Waals surface area (Å²) in [5.41, 5.74) is 0.761. The Hall–Kier alpha value is -1.56. The van der Waals surface area contributed by atoms with Gasteiger partial charge in [-0.05, 0) is 18.1 Å². The van der Waals surface area contributed by atoms with Crippen LogP contribution < -0.4 is 4.74 Å². The first-order valence-corrected chi connectivity index (χ1v) is 6.69. The van der Waals surface area contributed by atoms with E-state index in [1.54, 1.807) is 23.9 Å². The van der Waals surface area contributed by atoms with Gasteiger partial charge in [-0.2, -0.15) is 11.8 Å². The van der Waals surface area contributed by atoms with Crippen LogP contribution in [0.15, 0.2) is 18.2 Å². The van der Waals surface area contributed by atoms with E-state index in [1.807, 2.05) is 0 Å². The molecular weight excluding hydrogens is 254 g/mol. The monoisotopic (exact) mass is 267 g/mol. The Morgan fingerprint density at radius 3 is 2.89 bits per heavy atom. The Labute approximate surface area is 109 Å². The molecule has 5 nitrogen and oxygen atoms in total. The smallest absolute Gasteiger partial charge is 0.311 e. The summed E-state index contributed by atoms with van der Waals surface area (Å²) < 4.78 is 4.94. The lowest BCUT2D eigenvalue weighted by molar-refractivity contribution is -0.385. The minimum Gasteiger partial charge on any atom is -0.490 e. The van der Waals surface area contributed by atoms with Crippen molar-refractivity contribution in [1.29, 1.82) is 0 Å². The number of hydrogen-bond acceptors (Lipinski definition) is 5. The van der Waals surface area contributed by atoms with Gasteiger partial charge in [0.2, 0.25) is 0 Å². The minimum atomic E-state index is -0.465. The van der Waals surface area contributed by atoms with Gasteiger partial charge in [0.1, 0.15) is 5.78 Å². The number of nitro benzene ring substituents is 1. The first-order valence-electron chi connectivity index (χ1n) is 5.53. The molecule has 96 valence electrons. The zero-order chi connectivity index (χ0) is 13.1. The van der Waals surface area contributed by atoms with Crippen molar-refractivity contribution < 1.29 is 14.5 Å². The lowest BCUT2D eigenvalue weighted by Crippen LogP contribution is -2.14. The van der Waals surface area contributed by atoms with Gasteiger partial charge in [0.25, 0.3) is 0 Å². The van der Waals surface area contributed by atoms with Crippen LogP contribution in [0.25, 0.3) is 0 Å². The number of nitro groups is 1. The SMILES string of the molecule is COc1ccc(CC2CSCC2=O)cc1[N+](=O)[O-]. The predicted molar refractivity (Wildman–Crippen MR) is 69.2 cm³/mol. The van der Waals surface area contributed by atoms with E-state index in [9.17, 15) is 14.9 Å². The van der Waals surface area contributed by atoms with Crippen molar-refractivity contribution in [2.75, 3.05) is 18.6 Å². The highest BCUT2D eigenvalue weighted by atomic mass is 32.2. The third-order valence-corrected chi connectivity index (χ3v) is 4.07. The van der Waals surface area contributed by atoms with Crippen LogP contribution in [0.3, 0.4) is 0 Å². The molecule has 0 N–H and O–H groups in total. The predicted octanol–water partition coefficient (Wildman–Crippen LogP) is 2.08. The van der Waals surface area contributed by atoms with Crippen LogP contribution in [0.2, 0.25) is 0 Å². The summed E-state index contributed by atoms with van der Waals surface area (Å²) in [7, 11) is 1.40. The molecule has 1 aromatic carbocycles. The number of Topliss-reactive ketones (excluding diaryl/α,β-unsaturated/α-hetero) is 1. The summed E-state index contributed by atoms with van der Waals surface area (Å²) in [6, 6.07) is 4.86. The number of ketones is 1. The van der Waals surface area contributed by atoms with Gasteiger partial charge in [-0.25, -0.2) is 0 Å². The Morgan fingerprint density at radius 2 is 2.33 bits per heavy atom. The largest absolute Gasteiger partial charge is 0.490 e. The first kappa shape index (κ1) is 12.9. The number of carbonyl (C=O) groups excluding carboxylic acids is 1. The number of nitrogens with zero attached hydrogens (tertiary/aromatic N) is 1. The van der Waals surface area contributed by atoms with Crippen molar-refractivity contribution in [2.24, 2.45) is 5.92 Å². The van der Waals surface area contributed by atoms with Gasteiger partial charge < -0.3 is 4.74 Å². The normalized spacial score (nSPS) is 18.9.